The van der Waals surface area contributed by atoms with E-state index in [1.165, 1.54) is 12.8 Å². The van der Waals surface area contributed by atoms with Crippen LogP contribution in [0.15, 0.2) is 42.5 Å². The Bertz CT molecular complexity index is 813. The van der Waals surface area contributed by atoms with Gasteiger partial charge in [-0.3, -0.25) is 4.79 Å². The molecule has 0 bridgehead atoms. The highest BCUT2D eigenvalue weighted by Crippen LogP contribution is 2.29. The fraction of sp³-hybridized carbons (Fsp3) is 0.364. The zero-order valence-electron chi connectivity index (χ0n) is 15.4. The standard InChI is InChI=1S/C22H24N2O2/c1-16-13-18(15-23)3-8-21(16)19-4-6-20(7-5-19)24-11-9-17(10-12-24)14-22(25)26-2/h3-8,13,17H,9-12,14H2,1-2H3. The van der Waals surface area contributed by atoms with E-state index in [4.69, 9.17) is 10.00 Å². The molecule has 0 spiro atoms. The van der Waals surface area contributed by atoms with Gasteiger partial charge in [0.05, 0.1) is 18.7 Å². The van der Waals surface area contributed by atoms with E-state index in [1.807, 2.05) is 25.1 Å². The highest BCUT2D eigenvalue weighted by Gasteiger charge is 2.22. The molecule has 0 saturated carbocycles. The van der Waals surface area contributed by atoms with E-state index < -0.39 is 0 Å². The van der Waals surface area contributed by atoms with Crippen molar-refractivity contribution >= 4 is 11.7 Å². The average molecular weight is 348 g/mol. The van der Waals surface area contributed by atoms with E-state index in [0.29, 0.717) is 17.9 Å². The number of piperidine rings is 1. The van der Waals surface area contributed by atoms with Crippen molar-refractivity contribution in [2.24, 2.45) is 5.92 Å². The number of ether oxygens (including phenoxy) is 1. The number of nitriles is 1. The summed E-state index contributed by atoms with van der Waals surface area (Å²) in [7, 11) is 1.45. The van der Waals surface area contributed by atoms with E-state index in [9.17, 15) is 4.79 Å². The normalized spacial score (nSPS) is 14.7. The monoisotopic (exact) mass is 348 g/mol. The van der Waals surface area contributed by atoms with Gasteiger partial charge in [-0.2, -0.15) is 5.26 Å². The van der Waals surface area contributed by atoms with Crippen molar-refractivity contribution in [3.05, 3.63) is 53.6 Å². The molecule has 0 unspecified atom stereocenters. The van der Waals surface area contributed by atoms with Crippen LogP contribution in [0.3, 0.4) is 0 Å². The van der Waals surface area contributed by atoms with Crippen LogP contribution in [0.1, 0.15) is 30.4 Å². The summed E-state index contributed by atoms with van der Waals surface area (Å²) < 4.78 is 4.77. The second kappa shape index (κ2) is 8.05. The van der Waals surface area contributed by atoms with Gasteiger partial charge in [0.25, 0.3) is 0 Å². The first-order valence-electron chi connectivity index (χ1n) is 9.03. The fourth-order valence-corrected chi connectivity index (χ4v) is 3.62. The van der Waals surface area contributed by atoms with Gasteiger partial charge in [0.1, 0.15) is 0 Å². The van der Waals surface area contributed by atoms with Crippen molar-refractivity contribution in [3.63, 3.8) is 0 Å². The molecule has 2 aromatic carbocycles. The number of anilines is 1. The van der Waals surface area contributed by atoms with Crippen molar-refractivity contribution in [1.29, 1.82) is 5.26 Å². The Labute approximate surface area is 155 Å². The third kappa shape index (κ3) is 4.05. The Balaban J connectivity index is 1.66. The van der Waals surface area contributed by atoms with Crippen molar-refractivity contribution in [3.8, 4) is 17.2 Å². The lowest BCUT2D eigenvalue weighted by Crippen LogP contribution is -2.34. The molecule has 0 radical (unpaired) electrons. The van der Waals surface area contributed by atoms with Crippen LogP contribution in [-0.2, 0) is 9.53 Å². The zero-order valence-corrected chi connectivity index (χ0v) is 15.4. The highest BCUT2D eigenvalue weighted by molar-refractivity contribution is 5.71. The Morgan fingerprint density at radius 2 is 1.88 bits per heavy atom. The van der Waals surface area contributed by atoms with Crippen LogP contribution in [0.4, 0.5) is 5.69 Å². The van der Waals surface area contributed by atoms with Gasteiger partial charge in [0, 0.05) is 25.2 Å². The largest absolute Gasteiger partial charge is 0.469 e. The van der Waals surface area contributed by atoms with Crippen LogP contribution in [0.5, 0.6) is 0 Å². The van der Waals surface area contributed by atoms with Gasteiger partial charge in [-0.1, -0.05) is 18.2 Å². The summed E-state index contributed by atoms with van der Waals surface area (Å²) in [5.74, 6) is 0.324. The van der Waals surface area contributed by atoms with Crippen LogP contribution in [0.2, 0.25) is 0 Å². The van der Waals surface area contributed by atoms with Gasteiger partial charge in [0.2, 0.25) is 0 Å². The maximum absolute atomic E-state index is 11.4. The molecule has 1 heterocycles. The lowest BCUT2D eigenvalue weighted by molar-refractivity contribution is -0.141. The minimum absolute atomic E-state index is 0.106. The van der Waals surface area contributed by atoms with E-state index >= 15 is 0 Å². The number of esters is 1. The molecule has 1 saturated heterocycles. The molecular formula is C22H24N2O2. The van der Waals surface area contributed by atoms with E-state index in [1.54, 1.807) is 0 Å². The van der Waals surface area contributed by atoms with Gasteiger partial charge in [-0.25, -0.2) is 0 Å². The highest BCUT2D eigenvalue weighted by atomic mass is 16.5. The van der Waals surface area contributed by atoms with Gasteiger partial charge in [0.15, 0.2) is 0 Å². The number of carbonyl (C=O) groups is 1. The quantitative estimate of drug-likeness (QED) is 0.773. The first-order chi connectivity index (χ1) is 12.6. The van der Waals surface area contributed by atoms with Crippen LogP contribution in [0, 0.1) is 24.2 Å². The Morgan fingerprint density at radius 3 is 2.46 bits per heavy atom. The number of benzene rings is 2. The predicted molar refractivity (Wildman–Crippen MR) is 103 cm³/mol. The van der Waals surface area contributed by atoms with Crippen LogP contribution in [-0.4, -0.2) is 26.2 Å². The van der Waals surface area contributed by atoms with Crippen LogP contribution in [0.25, 0.3) is 11.1 Å². The van der Waals surface area contributed by atoms with Crippen molar-refractivity contribution in [2.75, 3.05) is 25.1 Å². The molecule has 4 nitrogen and oxygen atoms in total. The zero-order chi connectivity index (χ0) is 18.5. The fourth-order valence-electron chi connectivity index (χ4n) is 3.62. The SMILES string of the molecule is COC(=O)CC1CCN(c2ccc(-c3ccc(C#N)cc3C)cc2)CC1. The lowest BCUT2D eigenvalue weighted by Gasteiger charge is -2.33. The molecule has 1 fully saturated rings. The topological polar surface area (TPSA) is 53.3 Å². The van der Waals surface area contributed by atoms with E-state index in [2.05, 4.69) is 35.2 Å². The number of nitrogens with zero attached hydrogens (tertiary/aromatic N) is 2. The molecule has 0 N–H and O–H groups in total. The molecular weight excluding hydrogens is 324 g/mol. The van der Waals surface area contributed by atoms with Crippen molar-refractivity contribution in [2.45, 2.75) is 26.2 Å². The molecule has 3 rings (SSSR count). The maximum Gasteiger partial charge on any atom is 0.305 e. The first kappa shape index (κ1) is 18.0. The number of aryl methyl sites for hydroxylation is 1. The summed E-state index contributed by atoms with van der Waals surface area (Å²) in [6, 6.07) is 16.6. The summed E-state index contributed by atoms with van der Waals surface area (Å²) in [5, 5.41) is 9.00. The van der Waals surface area contributed by atoms with Gasteiger partial charge in [-0.15, -0.1) is 0 Å². The van der Waals surface area contributed by atoms with Crippen molar-refractivity contribution in [1.82, 2.24) is 0 Å². The predicted octanol–water partition coefficient (Wildman–Crippen LogP) is 4.31. The Hall–Kier alpha value is -2.80. The molecule has 0 atom stereocenters. The minimum atomic E-state index is -0.106. The third-order valence-corrected chi connectivity index (χ3v) is 5.20. The average Bonchev–Trinajstić information content (AvgIpc) is 2.68. The number of hydrogen-bond donors (Lipinski definition) is 0. The number of methoxy groups -OCH3 is 1. The maximum atomic E-state index is 11.4. The third-order valence-electron chi connectivity index (χ3n) is 5.20. The second-order valence-electron chi connectivity index (χ2n) is 6.90. The first-order valence-corrected chi connectivity index (χ1v) is 9.03. The molecule has 0 amide bonds. The molecule has 0 aliphatic carbocycles. The van der Waals surface area contributed by atoms with Crippen LogP contribution < -0.4 is 4.90 Å². The minimum Gasteiger partial charge on any atom is -0.469 e. The van der Waals surface area contributed by atoms with Crippen molar-refractivity contribution < 1.29 is 9.53 Å². The number of rotatable bonds is 4. The van der Waals surface area contributed by atoms with Crippen LogP contribution >= 0.6 is 0 Å². The van der Waals surface area contributed by atoms with Gasteiger partial charge in [-0.05, 0) is 66.6 Å². The molecule has 0 aromatic heterocycles. The smallest absolute Gasteiger partial charge is 0.305 e. The summed E-state index contributed by atoms with van der Waals surface area (Å²) in [6.07, 6.45) is 2.57. The lowest BCUT2D eigenvalue weighted by atomic mass is 9.93. The second-order valence-corrected chi connectivity index (χ2v) is 6.90. The molecule has 134 valence electrons. The summed E-state index contributed by atoms with van der Waals surface area (Å²) in [4.78, 5) is 13.8. The Kier molecular flexibility index (Phi) is 5.58. The molecule has 1 aliphatic rings. The summed E-state index contributed by atoms with van der Waals surface area (Å²) >= 11 is 0. The van der Waals surface area contributed by atoms with E-state index in [0.717, 1.165) is 42.6 Å². The summed E-state index contributed by atoms with van der Waals surface area (Å²) in [5.41, 5.74) is 5.35. The number of hydrogen-bond acceptors (Lipinski definition) is 4. The molecule has 26 heavy (non-hydrogen) atoms. The molecule has 1 aliphatic heterocycles. The molecule has 4 heteroatoms. The van der Waals surface area contributed by atoms with Gasteiger partial charge < -0.3 is 9.64 Å². The molecule has 2 aromatic rings. The van der Waals surface area contributed by atoms with E-state index in [-0.39, 0.29) is 5.97 Å². The Morgan fingerprint density at radius 1 is 1.19 bits per heavy atom. The summed E-state index contributed by atoms with van der Waals surface area (Å²) in [6.45, 7) is 3.98. The number of carbonyl (C=O) groups excluding carboxylic acids is 1. The van der Waals surface area contributed by atoms with Gasteiger partial charge >= 0.3 is 5.97 Å².